The Kier molecular flexibility index (Phi) is 3.96. The molecule has 0 fully saturated rings. The maximum Gasteiger partial charge on any atom is 0.115 e. The second-order valence-corrected chi connectivity index (χ2v) is 4.39. The van der Waals surface area contributed by atoms with Crippen LogP contribution < -0.4 is 5.32 Å². The Balaban J connectivity index is 2.11. The highest BCUT2D eigenvalue weighted by molar-refractivity contribution is 7.09. The van der Waals surface area contributed by atoms with Gasteiger partial charge in [0.1, 0.15) is 6.33 Å². The van der Waals surface area contributed by atoms with Crippen molar-refractivity contribution >= 4 is 11.3 Å². The van der Waals surface area contributed by atoms with Gasteiger partial charge in [-0.1, -0.05) is 6.92 Å². The zero-order valence-electron chi connectivity index (χ0n) is 9.13. The van der Waals surface area contributed by atoms with Crippen LogP contribution in [-0.4, -0.2) is 21.5 Å². The molecule has 1 atom stereocenters. The van der Waals surface area contributed by atoms with Crippen LogP contribution in [0.1, 0.15) is 23.5 Å². The summed E-state index contributed by atoms with van der Waals surface area (Å²) in [7, 11) is 0. The van der Waals surface area contributed by atoms with Gasteiger partial charge < -0.3 is 5.32 Å². The van der Waals surface area contributed by atoms with E-state index in [1.165, 1.54) is 4.88 Å². The highest BCUT2D eigenvalue weighted by Crippen LogP contribution is 2.18. The van der Waals surface area contributed by atoms with Gasteiger partial charge in [-0.3, -0.25) is 4.98 Å². The van der Waals surface area contributed by atoms with Gasteiger partial charge in [-0.05, 0) is 12.6 Å². The Labute approximate surface area is 98.8 Å². The standard InChI is InChI=1S/C11H14N4S/c1-2-14-11(5-9-6-13-8-16-9)10-3-4-12-7-15-10/h3-4,6-8,11,14H,2,5H2,1H3. The summed E-state index contributed by atoms with van der Waals surface area (Å²) in [6, 6.07) is 2.20. The van der Waals surface area contributed by atoms with Crippen LogP contribution in [0.4, 0.5) is 0 Å². The van der Waals surface area contributed by atoms with Crippen LogP contribution in [0.15, 0.2) is 30.3 Å². The highest BCUT2D eigenvalue weighted by atomic mass is 32.1. The molecule has 0 aliphatic rings. The Morgan fingerprint density at radius 1 is 1.44 bits per heavy atom. The third-order valence-corrected chi connectivity index (χ3v) is 3.10. The number of hydrogen-bond donors (Lipinski definition) is 1. The SMILES string of the molecule is CCNC(Cc1cncs1)c1ccncn1. The van der Waals surface area contributed by atoms with Crippen molar-refractivity contribution in [2.75, 3.05) is 6.54 Å². The van der Waals surface area contributed by atoms with Crippen molar-refractivity contribution in [3.63, 3.8) is 0 Å². The molecule has 0 radical (unpaired) electrons. The van der Waals surface area contributed by atoms with E-state index in [0.717, 1.165) is 18.7 Å². The molecule has 5 heteroatoms. The summed E-state index contributed by atoms with van der Waals surface area (Å²) in [4.78, 5) is 13.6. The molecule has 0 saturated carbocycles. The lowest BCUT2D eigenvalue weighted by Gasteiger charge is -2.15. The minimum absolute atomic E-state index is 0.244. The molecule has 2 aromatic heterocycles. The molecule has 0 aromatic carbocycles. The van der Waals surface area contributed by atoms with E-state index in [0.29, 0.717) is 0 Å². The smallest absolute Gasteiger partial charge is 0.115 e. The number of rotatable bonds is 5. The zero-order chi connectivity index (χ0) is 11.2. The van der Waals surface area contributed by atoms with Gasteiger partial charge in [-0.2, -0.15) is 0 Å². The van der Waals surface area contributed by atoms with E-state index >= 15 is 0 Å². The topological polar surface area (TPSA) is 50.7 Å². The van der Waals surface area contributed by atoms with E-state index in [4.69, 9.17) is 0 Å². The molecule has 0 bridgehead atoms. The third-order valence-electron chi connectivity index (χ3n) is 2.30. The predicted octanol–water partition coefficient (Wildman–Crippen LogP) is 1.83. The van der Waals surface area contributed by atoms with E-state index in [2.05, 4.69) is 27.2 Å². The first-order valence-corrected chi connectivity index (χ1v) is 6.14. The first kappa shape index (κ1) is 11.2. The minimum Gasteiger partial charge on any atom is -0.309 e. The van der Waals surface area contributed by atoms with E-state index in [9.17, 15) is 0 Å². The van der Waals surface area contributed by atoms with Gasteiger partial charge in [0, 0.05) is 23.7 Å². The zero-order valence-corrected chi connectivity index (χ0v) is 9.94. The molecule has 0 amide bonds. The second kappa shape index (κ2) is 5.67. The summed E-state index contributed by atoms with van der Waals surface area (Å²) in [6.45, 7) is 3.02. The lowest BCUT2D eigenvalue weighted by Crippen LogP contribution is -2.23. The van der Waals surface area contributed by atoms with Gasteiger partial charge >= 0.3 is 0 Å². The minimum atomic E-state index is 0.244. The first-order valence-electron chi connectivity index (χ1n) is 5.26. The fourth-order valence-electron chi connectivity index (χ4n) is 1.58. The molecule has 2 aromatic rings. The molecule has 0 aliphatic heterocycles. The number of aromatic nitrogens is 3. The summed E-state index contributed by atoms with van der Waals surface area (Å²) in [6.07, 6.45) is 6.21. The summed E-state index contributed by atoms with van der Waals surface area (Å²) >= 11 is 1.68. The average molecular weight is 234 g/mol. The van der Waals surface area contributed by atoms with Crippen molar-refractivity contribution in [2.24, 2.45) is 0 Å². The van der Waals surface area contributed by atoms with Crippen LogP contribution in [0.3, 0.4) is 0 Å². The van der Waals surface area contributed by atoms with Crippen molar-refractivity contribution in [1.82, 2.24) is 20.3 Å². The van der Waals surface area contributed by atoms with Crippen LogP contribution in [0.5, 0.6) is 0 Å². The number of likely N-dealkylation sites (N-methyl/N-ethyl adjacent to an activating group) is 1. The van der Waals surface area contributed by atoms with E-state index in [1.807, 2.05) is 17.8 Å². The number of hydrogen-bond acceptors (Lipinski definition) is 5. The Bertz CT molecular complexity index is 401. The maximum absolute atomic E-state index is 4.29. The monoisotopic (exact) mass is 234 g/mol. The van der Waals surface area contributed by atoms with Crippen molar-refractivity contribution in [3.8, 4) is 0 Å². The normalized spacial score (nSPS) is 12.6. The quantitative estimate of drug-likeness (QED) is 0.857. The molecule has 2 rings (SSSR count). The molecule has 0 spiro atoms. The van der Waals surface area contributed by atoms with E-state index in [-0.39, 0.29) is 6.04 Å². The summed E-state index contributed by atoms with van der Waals surface area (Å²) in [5.41, 5.74) is 2.89. The molecule has 2 heterocycles. The van der Waals surface area contributed by atoms with E-state index in [1.54, 1.807) is 23.9 Å². The molecule has 0 saturated heterocycles. The van der Waals surface area contributed by atoms with Crippen LogP contribution >= 0.6 is 11.3 Å². The summed E-state index contributed by atoms with van der Waals surface area (Å²) in [5, 5.41) is 3.43. The number of nitrogens with zero attached hydrogens (tertiary/aromatic N) is 3. The first-order chi connectivity index (χ1) is 7.90. The molecular formula is C11H14N4S. The fraction of sp³-hybridized carbons (Fsp3) is 0.364. The predicted molar refractivity (Wildman–Crippen MR) is 64.3 cm³/mol. The van der Waals surface area contributed by atoms with Crippen LogP contribution in [0, 0.1) is 0 Å². The lowest BCUT2D eigenvalue weighted by molar-refractivity contribution is 0.538. The van der Waals surface area contributed by atoms with Crippen LogP contribution in [-0.2, 0) is 6.42 Å². The molecule has 84 valence electrons. The molecule has 4 nitrogen and oxygen atoms in total. The summed E-state index contributed by atoms with van der Waals surface area (Å²) in [5.74, 6) is 0. The largest absolute Gasteiger partial charge is 0.309 e. The van der Waals surface area contributed by atoms with Gasteiger partial charge in [0.25, 0.3) is 0 Å². The van der Waals surface area contributed by atoms with Crippen LogP contribution in [0.25, 0.3) is 0 Å². The Morgan fingerprint density at radius 3 is 3.00 bits per heavy atom. The Morgan fingerprint density at radius 2 is 2.38 bits per heavy atom. The van der Waals surface area contributed by atoms with Crippen molar-refractivity contribution in [3.05, 3.63) is 40.9 Å². The maximum atomic E-state index is 4.29. The molecule has 16 heavy (non-hydrogen) atoms. The van der Waals surface area contributed by atoms with Crippen molar-refractivity contribution in [1.29, 1.82) is 0 Å². The Hall–Kier alpha value is -1.33. The molecule has 1 N–H and O–H groups in total. The third kappa shape index (κ3) is 2.84. The lowest BCUT2D eigenvalue weighted by atomic mass is 10.1. The molecule has 1 unspecified atom stereocenters. The van der Waals surface area contributed by atoms with Gasteiger partial charge in [-0.25, -0.2) is 9.97 Å². The molecular weight excluding hydrogens is 220 g/mol. The van der Waals surface area contributed by atoms with Crippen molar-refractivity contribution in [2.45, 2.75) is 19.4 Å². The van der Waals surface area contributed by atoms with E-state index < -0.39 is 0 Å². The summed E-state index contributed by atoms with van der Waals surface area (Å²) < 4.78 is 0. The molecule has 0 aliphatic carbocycles. The van der Waals surface area contributed by atoms with Gasteiger partial charge in [0.15, 0.2) is 0 Å². The number of thiazole rings is 1. The average Bonchev–Trinajstić information content (AvgIpc) is 2.83. The van der Waals surface area contributed by atoms with Crippen LogP contribution in [0.2, 0.25) is 0 Å². The fourth-order valence-corrected chi connectivity index (χ4v) is 2.22. The van der Waals surface area contributed by atoms with Gasteiger partial charge in [0.2, 0.25) is 0 Å². The van der Waals surface area contributed by atoms with Crippen molar-refractivity contribution < 1.29 is 0 Å². The van der Waals surface area contributed by atoms with Gasteiger partial charge in [0.05, 0.1) is 17.2 Å². The number of nitrogens with one attached hydrogen (secondary N) is 1. The second-order valence-electron chi connectivity index (χ2n) is 3.42. The highest BCUT2D eigenvalue weighted by Gasteiger charge is 2.12. The van der Waals surface area contributed by atoms with Gasteiger partial charge in [-0.15, -0.1) is 11.3 Å².